The zero-order chi connectivity index (χ0) is 15.3. The van der Waals surface area contributed by atoms with Crippen LogP contribution in [0.5, 0.6) is 0 Å². The molecule has 6 heteroatoms. The monoisotopic (exact) mass is 303 g/mol. The van der Waals surface area contributed by atoms with E-state index in [2.05, 4.69) is 16.8 Å². The Kier molecular flexibility index (Phi) is 3.20. The Hall–Kier alpha value is -1.95. The van der Waals surface area contributed by atoms with Crippen LogP contribution in [0.4, 0.5) is 0 Å². The summed E-state index contributed by atoms with van der Waals surface area (Å²) in [4.78, 5) is 25.5. The molecule has 2 amide bonds. The van der Waals surface area contributed by atoms with E-state index in [1.165, 1.54) is 17.7 Å². The Bertz CT molecular complexity index is 698. The lowest BCUT2D eigenvalue weighted by Gasteiger charge is -2.25. The molecular formula is C15H17N3O2S. The number of carbonyl (C=O) groups excluding carboxylic acids is 2. The van der Waals surface area contributed by atoms with Crippen molar-refractivity contribution in [2.45, 2.75) is 32.7 Å². The van der Waals surface area contributed by atoms with Crippen molar-refractivity contribution in [2.24, 2.45) is 0 Å². The van der Waals surface area contributed by atoms with Gasteiger partial charge in [-0.1, -0.05) is 0 Å². The van der Waals surface area contributed by atoms with Gasteiger partial charge in [-0.2, -0.15) is 0 Å². The number of nitrogens with one attached hydrogen (secondary N) is 1. The zero-order valence-electron chi connectivity index (χ0n) is 12.3. The molecule has 2 fully saturated rings. The minimum Gasteiger partial charge on any atom is -0.346 e. The highest BCUT2D eigenvalue weighted by Crippen LogP contribution is 2.38. The topological polar surface area (TPSA) is 54.3 Å². The first-order chi connectivity index (χ1) is 9.90. The molecule has 2 heterocycles. The molecule has 1 saturated carbocycles. The average molecular weight is 303 g/mol. The van der Waals surface area contributed by atoms with Crippen LogP contribution in [-0.2, 0) is 9.59 Å². The third-order valence-electron chi connectivity index (χ3n) is 4.04. The van der Waals surface area contributed by atoms with E-state index in [0.29, 0.717) is 6.04 Å². The van der Waals surface area contributed by atoms with Gasteiger partial charge in [0.05, 0.1) is 0 Å². The van der Waals surface area contributed by atoms with Crippen molar-refractivity contribution < 1.29 is 9.59 Å². The van der Waals surface area contributed by atoms with Gasteiger partial charge in [0.2, 0.25) is 0 Å². The van der Waals surface area contributed by atoms with Crippen LogP contribution in [0, 0.1) is 13.8 Å². The summed E-state index contributed by atoms with van der Waals surface area (Å²) in [6.07, 6.45) is 4.06. The van der Waals surface area contributed by atoms with E-state index in [9.17, 15) is 9.59 Å². The minimum atomic E-state index is -0.431. The van der Waals surface area contributed by atoms with Crippen LogP contribution < -0.4 is 5.32 Å². The van der Waals surface area contributed by atoms with E-state index in [0.717, 1.165) is 17.0 Å². The van der Waals surface area contributed by atoms with Crippen molar-refractivity contribution in [1.29, 1.82) is 0 Å². The molecule has 0 spiro atoms. The standard InChI is InChI=1S/C15H17N3O2S/c1-8-6-10(9(2)18(8)11-4-5-11)7-12-13(19)16-15(21)17(3)14(12)20/h6-7,11H,4-5H2,1-3H3,(H,16,19,21)/b12-7+. The third kappa shape index (κ3) is 2.29. The third-order valence-corrected chi connectivity index (χ3v) is 4.42. The van der Waals surface area contributed by atoms with Gasteiger partial charge in [-0.3, -0.25) is 19.8 Å². The van der Waals surface area contributed by atoms with Gasteiger partial charge in [-0.25, -0.2) is 0 Å². The molecule has 1 saturated heterocycles. The van der Waals surface area contributed by atoms with Crippen molar-refractivity contribution in [3.63, 3.8) is 0 Å². The van der Waals surface area contributed by atoms with Crippen LogP contribution in [0.15, 0.2) is 11.6 Å². The summed E-state index contributed by atoms with van der Waals surface area (Å²) in [6.45, 7) is 4.08. The van der Waals surface area contributed by atoms with E-state index in [4.69, 9.17) is 12.2 Å². The summed E-state index contributed by atoms with van der Waals surface area (Å²) in [5, 5.41) is 2.67. The number of carbonyl (C=O) groups is 2. The summed E-state index contributed by atoms with van der Waals surface area (Å²) < 4.78 is 2.28. The molecule has 0 unspecified atom stereocenters. The number of likely N-dealkylation sites (N-methyl/N-ethyl adjacent to an activating group) is 1. The normalized spacial score (nSPS) is 21.2. The predicted molar refractivity (Wildman–Crippen MR) is 83.7 cm³/mol. The van der Waals surface area contributed by atoms with Gasteiger partial charge in [0.25, 0.3) is 11.8 Å². The number of aromatic nitrogens is 1. The number of aryl methyl sites for hydroxylation is 1. The molecule has 0 radical (unpaired) electrons. The number of nitrogens with zero attached hydrogens (tertiary/aromatic N) is 2. The largest absolute Gasteiger partial charge is 0.346 e. The predicted octanol–water partition coefficient (Wildman–Crippen LogP) is 1.70. The summed E-state index contributed by atoms with van der Waals surface area (Å²) in [7, 11) is 1.56. The molecule has 1 aliphatic carbocycles. The fourth-order valence-electron chi connectivity index (χ4n) is 2.74. The van der Waals surface area contributed by atoms with Crippen molar-refractivity contribution in [3.8, 4) is 0 Å². The Morgan fingerprint density at radius 2 is 2.00 bits per heavy atom. The summed E-state index contributed by atoms with van der Waals surface area (Å²) in [6, 6.07) is 2.59. The molecule has 3 rings (SSSR count). The highest BCUT2D eigenvalue weighted by atomic mass is 32.1. The fraction of sp³-hybridized carbons (Fsp3) is 0.400. The maximum atomic E-state index is 12.2. The van der Waals surface area contributed by atoms with E-state index >= 15 is 0 Å². The first-order valence-corrected chi connectivity index (χ1v) is 7.34. The molecule has 1 aromatic heterocycles. The molecule has 1 aromatic rings. The smallest absolute Gasteiger partial charge is 0.265 e. The van der Waals surface area contributed by atoms with E-state index < -0.39 is 5.91 Å². The molecular weight excluding hydrogens is 286 g/mol. The van der Waals surface area contributed by atoms with Crippen LogP contribution in [0.3, 0.4) is 0 Å². The van der Waals surface area contributed by atoms with Gasteiger partial charge in [0, 0.05) is 24.5 Å². The highest BCUT2D eigenvalue weighted by Gasteiger charge is 2.32. The Morgan fingerprint density at radius 3 is 2.62 bits per heavy atom. The lowest BCUT2D eigenvalue weighted by molar-refractivity contribution is -0.128. The highest BCUT2D eigenvalue weighted by molar-refractivity contribution is 7.80. The van der Waals surface area contributed by atoms with Gasteiger partial charge < -0.3 is 4.57 Å². The quantitative estimate of drug-likeness (QED) is 0.514. The van der Waals surface area contributed by atoms with E-state index in [1.54, 1.807) is 13.1 Å². The number of rotatable bonds is 2. The number of hydrogen-bond acceptors (Lipinski definition) is 3. The van der Waals surface area contributed by atoms with Crippen LogP contribution >= 0.6 is 12.2 Å². The van der Waals surface area contributed by atoms with E-state index in [-0.39, 0.29) is 16.6 Å². The SMILES string of the molecule is Cc1cc(/C=C2\C(=O)NC(=S)N(C)C2=O)c(C)n1C1CC1. The van der Waals surface area contributed by atoms with Gasteiger partial charge in [-0.15, -0.1) is 0 Å². The van der Waals surface area contributed by atoms with Crippen molar-refractivity contribution in [1.82, 2.24) is 14.8 Å². The molecule has 5 nitrogen and oxygen atoms in total. The first kappa shape index (κ1) is 14.0. The number of amides is 2. The molecule has 0 aromatic carbocycles. The molecule has 0 bridgehead atoms. The molecule has 1 aliphatic heterocycles. The van der Waals surface area contributed by atoms with Crippen LogP contribution in [0.1, 0.15) is 35.8 Å². The lowest BCUT2D eigenvalue weighted by Crippen LogP contribution is -2.52. The zero-order valence-corrected chi connectivity index (χ0v) is 13.1. The first-order valence-electron chi connectivity index (χ1n) is 6.93. The van der Waals surface area contributed by atoms with Crippen molar-refractivity contribution >= 4 is 35.2 Å². The molecule has 21 heavy (non-hydrogen) atoms. The Labute approximate surface area is 128 Å². The second-order valence-electron chi connectivity index (χ2n) is 5.61. The van der Waals surface area contributed by atoms with E-state index in [1.807, 2.05) is 13.0 Å². The molecule has 2 aliphatic rings. The molecule has 0 atom stereocenters. The summed E-state index contributed by atoms with van der Waals surface area (Å²) in [5.74, 6) is -0.792. The second kappa shape index (κ2) is 4.80. The molecule has 1 N–H and O–H groups in total. The number of hydrogen-bond donors (Lipinski definition) is 1. The van der Waals surface area contributed by atoms with Crippen LogP contribution in [0.2, 0.25) is 0 Å². The van der Waals surface area contributed by atoms with Crippen LogP contribution in [0.25, 0.3) is 6.08 Å². The Morgan fingerprint density at radius 1 is 1.33 bits per heavy atom. The maximum absolute atomic E-state index is 12.2. The van der Waals surface area contributed by atoms with Gasteiger partial charge >= 0.3 is 0 Å². The van der Waals surface area contributed by atoms with Crippen molar-refractivity contribution in [3.05, 3.63) is 28.6 Å². The fourth-order valence-corrected chi connectivity index (χ4v) is 2.92. The summed E-state index contributed by atoms with van der Waals surface area (Å²) >= 11 is 4.94. The minimum absolute atomic E-state index is 0.127. The van der Waals surface area contributed by atoms with Gasteiger partial charge in [0.15, 0.2) is 5.11 Å². The second-order valence-corrected chi connectivity index (χ2v) is 6.00. The molecule has 110 valence electrons. The van der Waals surface area contributed by atoms with Crippen LogP contribution in [-0.4, -0.2) is 33.4 Å². The number of thiocarbonyl (C=S) groups is 1. The van der Waals surface area contributed by atoms with Crippen molar-refractivity contribution in [2.75, 3.05) is 7.05 Å². The summed E-state index contributed by atoms with van der Waals surface area (Å²) in [5.41, 5.74) is 3.30. The van der Waals surface area contributed by atoms with Gasteiger partial charge in [0.1, 0.15) is 5.57 Å². The van der Waals surface area contributed by atoms with Gasteiger partial charge in [-0.05, 0) is 56.6 Å². The average Bonchev–Trinajstić information content (AvgIpc) is 3.20. The maximum Gasteiger partial charge on any atom is 0.265 e. The lowest BCUT2D eigenvalue weighted by atomic mass is 10.1. The Balaban J connectivity index is 2.01.